The lowest BCUT2D eigenvalue weighted by Gasteiger charge is -2.28. The number of carbonyl (C=O) groups excluding carboxylic acids is 4. The standard InChI is InChI=1S/C19H27N5O2S.C14H18N4OS2.C13H16N4OS2.CH4/c1-11-12(2)22-23-18-14(11)15(20)16(27-18)19(26)24(3)10-9-21-17(25)13-7-5-4-6-8-13;1-8-9(2)16-17-13-10(8)11(15)12(20-13)14(19)18-4-6-21(3)7-5-18;1-7-8(2)15-16-12-9(7)10(14)11(20-12)13(18)17-3-5-19-6-4-17;/h13H,4-10,20H2,1-3H3,(H,21,25);3-7,15H2,1-2H3;3-6,14H2,1-2H3;1H4. The van der Waals surface area contributed by atoms with Crippen molar-refractivity contribution in [2.24, 2.45) is 5.92 Å². The second-order valence-electron chi connectivity index (χ2n) is 17.4. The van der Waals surface area contributed by atoms with Crippen LogP contribution in [0.2, 0.25) is 0 Å². The first-order chi connectivity index (χ1) is 32.5. The zero-order valence-electron chi connectivity index (χ0n) is 39.8. The van der Waals surface area contributed by atoms with Gasteiger partial charge >= 0.3 is 0 Å². The molecule has 3 fully saturated rings. The number of nitrogen functional groups attached to an aromatic ring is 3. The number of carbonyl (C=O) groups is 4. The van der Waals surface area contributed by atoms with E-state index in [2.05, 4.69) is 41.8 Å². The Morgan fingerprint density at radius 2 is 1.06 bits per heavy atom. The zero-order chi connectivity index (χ0) is 49.0. The zero-order valence-corrected chi connectivity index (χ0v) is 43.9. The molecule has 0 bridgehead atoms. The van der Waals surface area contributed by atoms with Crippen molar-refractivity contribution < 1.29 is 19.2 Å². The number of aromatic nitrogens is 6. The van der Waals surface area contributed by atoms with Crippen molar-refractivity contribution in [1.82, 2.24) is 50.6 Å². The first-order valence-corrected chi connectivity index (χ1v) is 28.0. The lowest BCUT2D eigenvalue weighted by molar-refractivity contribution is -0.125. The third kappa shape index (κ3) is 11.6. The Morgan fingerprint density at radius 3 is 1.51 bits per heavy atom. The number of thioether (sulfide) groups is 1. The molecule has 0 atom stereocenters. The van der Waals surface area contributed by atoms with Gasteiger partial charge in [-0.25, -0.2) is 0 Å². The maximum absolute atomic E-state index is 12.8. The molecule has 69 heavy (non-hydrogen) atoms. The van der Waals surface area contributed by atoms with Gasteiger partial charge in [0.2, 0.25) is 5.91 Å². The van der Waals surface area contributed by atoms with Gasteiger partial charge in [-0.05, 0) is 71.1 Å². The fourth-order valence-corrected chi connectivity index (χ4v) is 13.6. The normalized spacial score (nSPS) is 15.5. The first-order valence-electron chi connectivity index (χ1n) is 22.7. The molecular formula is C47H65N13O4S5. The smallest absolute Gasteiger partial charge is 0.266 e. The molecule has 0 unspecified atom stereocenters. The van der Waals surface area contributed by atoms with E-state index < -0.39 is 0 Å². The van der Waals surface area contributed by atoms with Crippen LogP contribution in [0.3, 0.4) is 0 Å². The third-order valence-corrected chi connectivity index (χ3v) is 18.6. The minimum Gasteiger partial charge on any atom is -0.397 e. The summed E-state index contributed by atoms with van der Waals surface area (Å²) in [5.41, 5.74) is 25.7. The van der Waals surface area contributed by atoms with E-state index in [-0.39, 0.29) is 47.5 Å². The Morgan fingerprint density at radius 1 is 0.652 bits per heavy atom. The van der Waals surface area contributed by atoms with E-state index in [0.717, 1.165) is 134 Å². The highest BCUT2D eigenvalue weighted by molar-refractivity contribution is 8.14. The number of anilines is 3. The van der Waals surface area contributed by atoms with Crippen LogP contribution in [-0.2, 0) is 4.79 Å². The number of rotatable bonds is 7. The van der Waals surface area contributed by atoms with Crippen molar-refractivity contribution in [2.45, 2.75) is 81.1 Å². The monoisotopic (exact) mass is 1040 g/mol. The van der Waals surface area contributed by atoms with Crippen LogP contribution in [0.25, 0.3) is 30.6 Å². The summed E-state index contributed by atoms with van der Waals surface area (Å²) < 4.78 is 0. The van der Waals surface area contributed by atoms with Gasteiger partial charge in [0.15, 0.2) is 0 Å². The van der Waals surface area contributed by atoms with Crippen LogP contribution in [0.1, 0.15) is 102 Å². The van der Waals surface area contributed by atoms with Gasteiger partial charge < -0.3 is 37.2 Å². The SMILES string of the molecule is C.C=S1CCN(C(=O)c2sc3nnc(C)c(C)c3c2N)CC1.Cc1nnc2sc(C(=O)N(C)CCNC(=O)C3CCCCC3)c(N)c2c1C.Cc1nnc2sc(C(=O)N3CCSCC3)c(N)c2c1C. The fraction of sp³-hybridized carbons (Fsp3) is 0.511. The van der Waals surface area contributed by atoms with Crippen molar-refractivity contribution in [1.29, 1.82) is 0 Å². The summed E-state index contributed by atoms with van der Waals surface area (Å²) in [5, 5.41) is 30.4. The van der Waals surface area contributed by atoms with Gasteiger partial charge in [-0.2, -0.15) is 37.5 Å². The highest BCUT2D eigenvalue weighted by atomic mass is 32.2. The molecule has 8 heterocycles. The van der Waals surface area contributed by atoms with E-state index in [1.165, 1.54) is 40.4 Å². The topological polar surface area (TPSA) is 245 Å². The van der Waals surface area contributed by atoms with Crippen LogP contribution < -0.4 is 22.5 Å². The lowest BCUT2D eigenvalue weighted by Crippen LogP contribution is -2.39. The maximum Gasteiger partial charge on any atom is 0.266 e. The van der Waals surface area contributed by atoms with Crippen LogP contribution in [0.15, 0.2) is 0 Å². The summed E-state index contributed by atoms with van der Waals surface area (Å²) in [6.07, 6.45) is 5.42. The number of thiophene rings is 3. The summed E-state index contributed by atoms with van der Waals surface area (Å²) >= 11 is 5.85. The van der Waals surface area contributed by atoms with E-state index in [1.54, 1.807) is 11.9 Å². The molecular weight excluding hydrogens is 971 g/mol. The number of amides is 4. The van der Waals surface area contributed by atoms with Crippen LogP contribution in [0.4, 0.5) is 17.1 Å². The number of hydrogen-bond donors (Lipinski definition) is 4. The molecule has 3 aliphatic rings. The Kier molecular flexibility index (Phi) is 18.0. The molecule has 2 aliphatic heterocycles. The Labute approximate surface area is 422 Å². The number of nitrogens with one attached hydrogen (secondary N) is 1. The maximum atomic E-state index is 12.8. The van der Waals surface area contributed by atoms with E-state index >= 15 is 0 Å². The highest BCUT2D eigenvalue weighted by Crippen LogP contribution is 2.38. The molecule has 9 rings (SSSR count). The molecule has 22 heteroatoms. The number of fused-ring (bicyclic) bond motifs is 3. The number of nitrogens with two attached hydrogens (primary N) is 3. The average molecular weight is 1040 g/mol. The molecule has 2 saturated heterocycles. The number of nitrogens with zero attached hydrogens (tertiary/aromatic N) is 9. The molecule has 0 spiro atoms. The van der Waals surface area contributed by atoms with Gasteiger partial charge in [-0.1, -0.05) is 32.6 Å². The number of likely N-dealkylation sites (N-methyl/N-ethyl adjacent to an activating group) is 1. The molecule has 7 N–H and O–H groups in total. The minimum atomic E-state index is -0.153. The van der Waals surface area contributed by atoms with Crippen LogP contribution in [0.5, 0.6) is 0 Å². The van der Waals surface area contributed by atoms with Gasteiger partial charge in [-0.15, -0.1) is 49.3 Å². The number of aryl methyl sites for hydroxylation is 6. The van der Waals surface area contributed by atoms with E-state index in [4.69, 9.17) is 17.2 Å². The van der Waals surface area contributed by atoms with Gasteiger partial charge in [0.1, 0.15) is 29.1 Å². The van der Waals surface area contributed by atoms with Gasteiger partial charge in [-0.3, -0.25) is 19.2 Å². The van der Waals surface area contributed by atoms with Crippen molar-refractivity contribution in [3.05, 3.63) is 48.4 Å². The van der Waals surface area contributed by atoms with E-state index in [0.29, 0.717) is 49.6 Å². The van der Waals surface area contributed by atoms with Crippen molar-refractivity contribution in [3.63, 3.8) is 0 Å². The Bertz CT molecular complexity index is 2890. The summed E-state index contributed by atoms with van der Waals surface area (Å²) in [4.78, 5) is 59.5. The van der Waals surface area contributed by atoms with Crippen LogP contribution in [0, 0.1) is 47.5 Å². The molecule has 1 saturated carbocycles. The molecule has 6 aromatic rings. The number of hydrogen-bond acceptors (Lipinski definition) is 17. The van der Waals surface area contributed by atoms with E-state index in [1.807, 2.05) is 63.1 Å². The van der Waals surface area contributed by atoms with E-state index in [9.17, 15) is 19.2 Å². The van der Waals surface area contributed by atoms with Crippen LogP contribution >= 0.6 is 56.3 Å². The molecule has 0 aromatic carbocycles. The third-order valence-electron chi connectivity index (χ3n) is 12.9. The van der Waals surface area contributed by atoms with Gasteiger partial charge in [0.05, 0.1) is 34.1 Å². The summed E-state index contributed by atoms with van der Waals surface area (Å²) in [6.45, 7) is 15.6. The van der Waals surface area contributed by atoms with Crippen molar-refractivity contribution in [2.75, 3.05) is 86.5 Å². The Balaban J connectivity index is 0.000000171. The highest BCUT2D eigenvalue weighted by Gasteiger charge is 2.28. The second kappa shape index (κ2) is 23.3. The molecule has 4 amide bonds. The van der Waals surface area contributed by atoms with Crippen molar-refractivity contribution >= 4 is 133 Å². The average Bonchev–Trinajstić information content (AvgIpc) is 4.00. The molecule has 0 radical (unpaired) electrons. The Hall–Kier alpha value is -5.03. The van der Waals surface area contributed by atoms with Gasteiger partial charge in [0.25, 0.3) is 17.7 Å². The summed E-state index contributed by atoms with van der Waals surface area (Å²) in [5.74, 6) is 8.17. The predicted molar refractivity (Wildman–Crippen MR) is 291 cm³/mol. The summed E-state index contributed by atoms with van der Waals surface area (Å²) in [7, 11) is 1.92. The summed E-state index contributed by atoms with van der Waals surface area (Å²) in [6, 6.07) is 0. The molecule has 372 valence electrons. The largest absolute Gasteiger partial charge is 0.397 e. The van der Waals surface area contributed by atoms with Crippen molar-refractivity contribution in [3.8, 4) is 0 Å². The molecule has 17 nitrogen and oxygen atoms in total. The molecule has 1 aliphatic carbocycles. The predicted octanol–water partition coefficient (Wildman–Crippen LogP) is 7.42. The van der Waals surface area contributed by atoms with Crippen LogP contribution in [-0.4, -0.2) is 144 Å². The quantitative estimate of drug-likeness (QED) is 0.114. The first kappa shape index (κ1) is 53.3. The minimum absolute atomic E-state index is 0. The van der Waals surface area contributed by atoms with Gasteiger partial charge in [0, 0.05) is 91.4 Å². The second-order valence-corrected chi connectivity index (χ2v) is 23.6. The molecule has 6 aromatic heterocycles. The lowest BCUT2D eigenvalue weighted by atomic mass is 9.89. The fourth-order valence-electron chi connectivity index (χ4n) is 8.28.